The second kappa shape index (κ2) is 7.88. The fourth-order valence-corrected chi connectivity index (χ4v) is 6.86. The van der Waals surface area contributed by atoms with Gasteiger partial charge in [-0.1, -0.05) is 0 Å². The molecule has 4 aliphatic carbocycles. The average molecular weight is 439 g/mol. The van der Waals surface area contributed by atoms with Crippen molar-refractivity contribution >= 4 is 23.4 Å². The second-order valence-corrected chi connectivity index (χ2v) is 10.1. The van der Waals surface area contributed by atoms with Crippen LogP contribution in [0.4, 0.5) is 16.2 Å². The fraction of sp³-hybridized carbons (Fsp3) is 0.625. The first kappa shape index (κ1) is 20.9. The van der Waals surface area contributed by atoms with Crippen molar-refractivity contribution in [2.45, 2.75) is 50.7 Å². The van der Waals surface area contributed by atoms with E-state index in [0.29, 0.717) is 30.3 Å². The molecule has 170 valence electrons. The number of anilines is 2. The topological polar surface area (TPSA) is 118 Å². The van der Waals surface area contributed by atoms with Crippen molar-refractivity contribution in [3.05, 3.63) is 23.8 Å². The number of nitrogens with two attached hydrogens (primary N) is 1. The summed E-state index contributed by atoms with van der Waals surface area (Å²) < 4.78 is 11.2. The van der Waals surface area contributed by atoms with Crippen molar-refractivity contribution in [1.82, 2.24) is 4.90 Å². The Bertz CT molecular complexity index is 957. The number of nitrogens with one attached hydrogen (secondary N) is 1. The molecule has 8 nitrogen and oxygen atoms in total. The normalized spacial score (nSPS) is 34.8. The average Bonchev–Trinajstić information content (AvgIpc) is 3.25. The third-order valence-corrected chi connectivity index (χ3v) is 8.03. The van der Waals surface area contributed by atoms with Gasteiger partial charge in [0.2, 0.25) is 0 Å². The lowest BCUT2D eigenvalue weighted by Gasteiger charge is -2.57. The van der Waals surface area contributed by atoms with Gasteiger partial charge in [0.15, 0.2) is 0 Å². The zero-order valence-electron chi connectivity index (χ0n) is 18.4. The van der Waals surface area contributed by atoms with Crippen LogP contribution in [-0.2, 0) is 14.3 Å². The number of methoxy groups -OCH3 is 1. The number of nitriles is 1. The Morgan fingerprint density at radius 1 is 1.25 bits per heavy atom. The van der Waals surface area contributed by atoms with Gasteiger partial charge < -0.3 is 25.4 Å². The first-order valence-electron chi connectivity index (χ1n) is 11.5. The molecule has 0 radical (unpaired) electrons. The van der Waals surface area contributed by atoms with Gasteiger partial charge in [-0.05, 0) is 74.5 Å². The lowest BCUT2D eigenvalue weighted by molar-refractivity contribution is -0.182. The van der Waals surface area contributed by atoms with E-state index < -0.39 is 0 Å². The van der Waals surface area contributed by atoms with Crippen LogP contribution in [0.15, 0.2) is 18.2 Å². The van der Waals surface area contributed by atoms with Crippen molar-refractivity contribution in [1.29, 1.82) is 5.26 Å². The summed E-state index contributed by atoms with van der Waals surface area (Å²) in [6, 6.07) is 7.35. The van der Waals surface area contributed by atoms with E-state index in [1.54, 1.807) is 23.1 Å². The van der Waals surface area contributed by atoms with E-state index in [2.05, 4.69) is 11.4 Å². The van der Waals surface area contributed by atoms with E-state index in [-0.39, 0.29) is 41.5 Å². The van der Waals surface area contributed by atoms with Gasteiger partial charge in [-0.3, -0.25) is 4.79 Å². The molecule has 4 saturated carbocycles. The molecular weight excluding hydrogens is 408 g/mol. The number of hydrogen-bond acceptors (Lipinski definition) is 7. The number of ether oxygens (including phenoxy) is 2. The van der Waals surface area contributed by atoms with Crippen LogP contribution < -0.4 is 11.1 Å². The number of nitrogen functional groups attached to an aromatic ring is 1. The van der Waals surface area contributed by atoms with Gasteiger partial charge in [0.05, 0.1) is 35.5 Å². The maximum atomic E-state index is 13.0. The Labute approximate surface area is 188 Å². The SMILES string of the molecule is COC(=O)C12CC3CC(C1)C(OC(=O)N1CCC(Nc4ccc(C#N)cc4N)C1)[C@H](C3)C2. The van der Waals surface area contributed by atoms with Gasteiger partial charge in [0, 0.05) is 19.1 Å². The molecule has 5 fully saturated rings. The molecule has 1 amide bonds. The zero-order valence-corrected chi connectivity index (χ0v) is 18.4. The maximum Gasteiger partial charge on any atom is 0.410 e. The summed E-state index contributed by atoms with van der Waals surface area (Å²) in [6.45, 7) is 1.18. The van der Waals surface area contributed by atoms with E-state index in [9.17, 15) is 9.59 Å². The van der Waals surface area contributed by atoms with E-state index >= 15 is 0 Å². The first-order valence-corrected chi connectivity index (χ1v) is 11.5. The fourth-order valence-electron chi connectivity index (χ4n) is 6.86. The summed E-state index contributed by atoms with van der Waals surface area (Å²) in [6.07, 6.45) is 4.99. The number of carbonyl (C=O) groups is 2. The highest BCUT2D eigenvalue weighted by molar-refractivity contribution is 5.77. The summed E-state index contributed by atoms with van der Waals surface area (Å²) >= 11 is 0. The predicted octanol–water partition coefficient (Wildman–Crippen LogP) is 3.13. The molecule has 1 saturated heterocycles. The number of hydrogen-bond donors (Lipinski definition) is 2. The molecule has 8 heteroatoms. The Kier molecular flexibility index (Phi) is 5.15. The van der Waals surface area contributed by atoms with Crippen LogP contribution >= 0.6 is 0 Å². The number of nitrogens with zero attached hydrogens (tertiary/aromatic N) is 2. The highest BCUT2D eigenvalue weighted by atomic mass is 16.6. The third-order valence-electron chi connectivity index (χ3n) is 8.03. The monoisotopic (exact) mass is 438 g/mol. The van der Waals surface area contributed by atoms with E-state index in [0.717, 1.165) is 44.2 Å². The molecule has 1 aliphatic heterocycles. The van der Waals surface area contributed by atoms with Crippen LogP contribution in [0.25, 0.3) is 0 Å². The molecule has 32 heavy (non-hydrogen) atoms. The highest BCUT2D eigenvalue weighted by Crippen LogP contribution is 2.61. The molecule has 5 unspecified atom stereocenters. The van der Waals surface area contributed by atoms with Gasteiger partial charge in [-0.15, -0.1) is 0 Å². The van der Waals surface area contributed by atoms with Crippen LogP contribution in [0.3, 0.4) is 0 Å². The molecule has 6 rings (SSSR count). The Balaban J connectivity index is 1.19. The quantitative estimate of drug-likeness (QED) is 0.548. The van der Waals surface area contributed by atoms with Crippen molar-refractivity contribution < 1.29 is 19.1 Å². The van der Waals surface area contributed by atoms with E-state index in [1.165, 1.54) is 7.11 Å². The maximum absolute atomic E-state index is 13.0. The summed E-state index contributed by atoms with van der Waals surface area (Å²) in [5, 5.41) is 12.4. The molecule has 3 N–H and O–H groups in total. The van der Waals surface area contributed by atoms with Gasteiger partial charge in [-0.2, -0.15) is 5.26 Å². The number of rotatable bonds is 4. The minimum Gasteiger partial charge on any atom is -0.469 e. The van der Waals surface area contributed by atoms with Crippen LogP contribution in [0.5, 0.6) is 0 Å². The molecule has 0 spiro atoms. The van der Waals surface area contributed by atoms with Gasteiger partial charge in [0.25, 0.3) is 0 Å². The molecular formula is C24H30N4O4. The second-order valence-electron chi connectivity index (χ2n) is 10.1. The molecule has 1 heterocycles. The van der Waals surface area contributed by atoms with E-state index in [4.69, 9.17) is 20.5 Å². The number of esters is 1. The molecule has 1 aromatic rings. The predicted molar refractivity (Wildman–Crippen MR) is 117 cm³/mol. The minimum absolute atomic E-state index is 0.0823. The Hall–Kier alpha value is -2.95. The number of amides is 1. The Morgan fingerprint density at radius 2 is 2.00 bits per heavy atom. The summed E-state index contributed by atoms with van der Waals surface area (Å²) in [4.78, 5) is 27.2. The van der Waals surface area contributed by atoms with Crippen molar-refractivity contribution in [2.24, 2.45) is 23.2 Å². The lowest BCUT2D eigenvalue weighted by Crippen LogP contribution is -2.58. The summed E-state index contributed by atoms with van der Waals surface area (Å²) in [5.41, 5.74) is 7.51. The summed E-state index contributed by atoms with van der Waals surface area (Å²) in [7, 11) is 1.47. The van der Waals surface area contributed by atoms with E-state index in [1.807, 2.05) is 0 Å². The van der Waals surface area contributed by atoms with Crippen LogP contribution in [0.2, 0.25) is 0 Å². The van der Waals surface area contributed by atoms with Crippen LogP contribution in [0.1, 0.15) is 44.1 Å². The minimum atomic E-state index is -0.363. The van der Waals surface area contributed by atoms with Gasteiger partial charge in [-0.25, -0.2) is 4.79 Å². The Morgan fingerprint density at radius 3 is 2.66 bits per heavy atom. The standard InChI is InChI=1S/C24H30N4O4/c1-31-22(29)24-9-15-6-16(10-24)21(17(7-15)11-24)32-23(30)28-5-4-18(13-28)27-20-3-2-14(12-25)8-19(20)26/h2-3,8,15-18,21,27H,4-7,9-11,13,26H2,1H3/t15?,16-,17?,18?,21?,24?/m1/s1. The third kappa shape index (κ3) is 3.54. The molecule has 1 aromatic carbocycles. The molecule has 4 bridgehead atoms. The number of benzene rings is 1. The molecule has 0 aromatic heterocycles. The number of carbonyl (C=O) groups excluding carboxylic acids is 2. The lowest BCUT2D eigenvalue weighted by atomic mass is 9.48. The zero-order chi connectivity index (χ0) is 22.5. The smallest absolute Gasteiger partial charge is 0.410 e. The van der Waals surface area contributed by atoms with Gasteiger partial charge >= 0.3 is 12.1 Å². The molecule has 6 atom stereocenters. The van der Waals surface area contributed by atoms with Gasteiger partial charge in [0.1, 0.15) is 6.10 Å². The molecule has 5 aliphatic rings. The van der Waals surface area contributed by atoms with Crippen LogP contribution in [0, 0.1) is 34.5 Å². The highest BCUT2D eigenvalue weighted by Gasteiger charge is 2.60. The van der Waals surface area contributed by atoms with Crippen molar-refractivity contribution in [3.8, 4) is 6.07 Å². The first-order chi connectivity index (χ1) is 15.4. The largest absolute Gasteiger partial charge is 0.469 e. The van der Waals surface area contributed by atoms with Crippen LogP contribution in [-0.4, -0.2) is 49.3 Å². The summed E-state index contributed by atoms with van der Waals surface area (Å²) in [5.74, 6) is 0.954. The van der Waals surface area contributed by atoms with Crippen molar-refractivity contribution in [2.75, 3.05) is 31.2 Å². The number of likely N-dealkylation sites (tertiary alicyclic amines) is 1. The van der Waals surface area contributed by atoms with Crippen molar-refractivity contribution in [3.63, 3.8) is 0 Å².